The largest absolute Gasteiger partial charge is 0.357 e. The van der Waals surface area contributed by atoms with Crippen molar-refractivity contribution in [2.24, 2.45) is 0 Å². The van der Waals surface area contributed by atoms with Crippen molar-refractivity contribution in [1.29, 1.82) is 0 Å². The average Bonchev–Trinajstić information content (AvgIpc) is 2.90. The third-order valence-electron chi connectivity index (χ3n) is 6.40. The highest BCUT2D eigenvalue weighted by Gasteiger charge is 2.30. The van der Waals surface area contributed by atoms with Gasteiger partial charge in [-0.05, 0) is 40.5 Å². The van der Waals surface area contributed by atoms with Crippen LogP contribution in [0.5, 0.6) is 0 Å². The van der Waals surface area contributed by atoms with Gasteiger partial charge in [-0.2, -0.15) is 0 Å². The molecule has 4 rings (SSSR count). The van der Waals surface area contributed by atoms with E-state index in [-0.39, 0.29) is 24.8 Å². The first kappa shape index (κ1) is 25.7. The lowest BCUT2D eigenvalue weighted by Crippen LogP contribution is -2.49. The first-order valence-electron chi connectivity index (χ1n) is 11.9. The second-order valence-electron chi connectivity index (χ2n) is 8.68. The summed E-state index contributed by atoms with van der Waals surface area (Å²) in [4.78, 5) is 28.5. The molecule has 0 saturated carbocycles. The van der Waals surface area contributed by atoms with Gasteiger partial charge in [-0.1, -0.05) is 102 Å². The Hall–Kier alpha value is -3.34. The Bertz CT molecular complexity index is 1330. The van der Waals surface area contributed by atoms with Gasteiger partial charge in [-0.15, -0.1) is 0 Å². The molecule has 1 unspecified atom stereocenters. The average molecular weight is 519 g/mol. The monoisotopic (exact) mass is 518 g/mol. The van der Waals surface area contributed by atoms with Gasteiger partial charge >= 0.3 is 0 Å². The summed E-state index contributed by atoms with van der Waals surface area (Å²) in [5, 5.41) is 5.92. The number of benzene rings is 4. The van der Waals surface area contributed by atoms with Crippen molar-refractivity contribution in [3.8, 4) is 0 Å². The molecular weight excluding hydrogens is 491 g/mol. The summed E-state index contributed by atoms with van der Waals surface area (Å²) in [6.45, 7) is 0.137. The fourth-order valence-corrected chi connectivity index (χ4v) is 4.99. The molecule has 0 aromatic heterocycles. The first-order chi connectivity index (χ1) is 17.5. The molecule has 4 nitrogen and oxygen atoms in total. The molecule has 184 valence electrons. The number of likely N-dealkylation sites (N-methyl/N-ethyl adjacent to an activating group) is 1. The van der Waals surface area contributed by atoms with Gasteiger partial charge in [0.15, 0.2) is 0 Å². The van der Waals surface area contributed by atoms with Gasteiger partial charge in [-0.25, -0.2) is 0 Å². The molecule has 6 heteroatoms. The summed E-state index contributed by atoms with van der Waals surface area (Å²) < 4.78 is 0. The van der Waals surface area contributed by atoms with E-state index in [1.807, 2.05) is 54.6 Å². The predicted molar refractivity (Wildman–Crippen MR) is 147 cm³/mol. The molecule has 0 bridgehead atoms. The number of fused-ring (bicyclic) bond motifs is 1. The first-order valence-corrected chi connectivity index (χ1v) is 12.7. The van der Waals surface area contributed by atoms with Crippen LogP contribution in [0.25, 0.3) is 10.8 Å². The second-order valence-corrected chi connectivity index (χ2v) is 9.49. The Morgan fingerprint density at radius 2 is 1.47 bits per heavy atom. The smallest absolute Gasteiger partial charge is 0.242 e. The zero-order chi connectivity index (χ0) is 25.5. The number of amides is 2. The molecule has 1 N–H and O–H groups in total. The van der Waals surface area contributed by atoms with Crippen LogP contribution in [0.1, 0.15) is 23.1 Å². The van der Waals surface area contributed by atoms with E-state index in [1.165, 1.54) is 0 Å². The van der Waals surface area contributed by atoms with Crippen molar-refractivity contribution < 1.29 is 9.59 Å². The Morgan fingerprint density at radius 3 is 2.19 bits per heavy atom. The lowest BCUT2D eigenvalue weighted by atomic mass is 9.99. The van der Waals surface area contributed by atoms with Crippen molar-refractivity contribution in [1.82, 2.24) is 10.2 Å². The maximum Gasteiger partial charge on any atom is 0.242 e. The van der Waals surface area contributed by atoms with Crippen molar-refractivity contribution in [2.45, 2.75) is 31.8 Å². The molecule has 0 aliphatic rings. The number of halogens is 2. The zero-order valence-corrected chi connectivity index (χ0v) is 21.6. The number of hydrogen-bond acceptors (Lipinski definition) is 2. The third kappa shape index (κ3) is 6.07. The fourth-order valence-electron chi connectivity index (χ4n) is 4.47. The van der Waals surface area contributed by atoms with E-state index in [1.54, 1.807) is 30.1 Å². The number of rotatable bonds is 9. The fraction of sp³-hybridized carbons (Fsp3) is 0.200. The van der Waals surface area contributed by atoms with Crippen molar-refractivity contribution in [2.75, 3.05) is 7.05 Å². The van der Waals surface area contributed by atoms with Crippen LogP contribution in [0, 0.1) is 0 Å². The molecule has 0 radical (unpaired) electrons. The van der Waals surface area contributed by atoms with Crippen LogP contribution in [0.15, 0.2) is 91.0 Å². The highest BCUT2D eigenvalue weighted by molar-refractivity contribution is 6.36. The molecule has 1 atom stereocenters. The van der Waals surface area contributed by atoms with Crippen LogP contribution in [0.3, 0.4) is 0 Å². The topological polar surface area (TPSA) is 49.4 Å². The molecular formula is C30H28Cl2N2O2. The van der Waals surface area contributed by atoms with Gasteiger partial charge in [0.2, 0.25) is 11.8 Å². The highest BCUT2D eigenvalue weighted by Crippen LogP contribution is 2.28. The van der Waals surface area contributed by atoms with Gasteiger partial charge in [0, 0.05) is 42.0 Å². The number of carbonyl (C=O) groups excluding carboxylic acids is 2. The maximum absolute atomic E-state index is 13.8. The number of nitrogens with one attached hydrogen (secondary N) is 1. The summed E-state index contributed by atoms with van der Waals surface area (Å²) in [7, 11) is 1.58. The molecule has 36 heavy (non-hydrogen) atoms. The molecule has 0 spiro atoms. The number of hydrogen-bond donors (Lipinski definition) is 1. The minimum atomic E-state index is -0.718. The van der Waals surface area contributed by atoms with E-state index in [9.17, 15) is 9.59 Å². The zero-order valence-electron chi connectivity index (χ0n) is 20.1. The van der Waals surface area contributed by atoms with Crippen molar-refractivity contribution in [3.05, 3.63) is 118 Å². The molecule has 0 saturated heterocycles. The van der Waals surface area contributed by atoms with E-state index in [2.05, 4.69) is 23.5 Å². The molecule has 4 aromatic carbocycles. The lowest BCUT2D eigenvalue weighted by molar-refractivity contribution is -0.141. The van der Waals surface area contributed by atoms with Crippen LogP contribution >= 0.6 is 23.2 Å². The minimum absolute atomic E-state index is 0.136. The van der Waals surface area contributed by atoms with Gasteiger partial charge < -0.3 is 10.2 Å². The van der Waals surface area contributed by atoms with E-state index in [0.717, 1.165) is 21.9 Å². The predicted octanol–water partition coefficient (Wildman–Crippen LogP) is 6.47. The maximum atomic E-state index is 13.8. The van der Waals surface area contributed by atoms with Crippen LogP contribution in [-0.4, -0.2) is 29.8 Å². The lowest BCUT2D eigenvalue weighted by Gasteiger charge is -2.32. The SMILES string of the molecule is CNC(=O)C(Cc1ccccc1)N(Cc1c(Cl)cccc1Cl)C(=O)CCc1cccc2ccccc12. The highest BCUT2D eigenvalue weighted by atomic mass is 35.5. The third-order valence-corrected chi connectivity index (χ3v) is 7.10. The number of nitrogens with zero attached hydrogens (tertiary/aromatic N) is 1. The van der Waals surface area contributed by atoms with Crippen LogP contribution in [0.4, 0.5) is 0 Å². The Balaban J connectivity index is 1.66. The summed E-state index contributed by atoms with van der Waals surface area (Å²) >= 11 is 12.9. The van der Waals surface area contributed by atoms with Crippen LogP contribution in [0.2, 0.25) is 10.0 Å². The normalized spacial score (nSPS) is 11.8. The molecule has 2 amide bonds. The van der Waals surface area contributed by atoms with Crippen LogP contribution in [-0.2, 0) is 29.0 Å². The van der Waals surface area contributed by atoms with Crippen molar-refractivity contribution >= 4 is 45.8 Å². The van der Waals surface area contributed by atoms with Gasteiger partial charge in [-0.3, -0.25) is 9.59 Å². The van der Waals surface area contributed by atoms with E-state index in [0.29, 0.717) is 28.5 Å². The number of carbonyl (C=O) groups is 2. The van der Waals surface area contributed by atoms with E-state index < -0.39 is 6.04 Å². The van der Waals surface area contributed by atoms with Gasteiger partial charge in [0.25, 0.3) is 0 Å². The molecule has 0 aliphatic carbocycles. The summed E-state index contributed by atoms with van der Waals surface area (Å²) in [5.41, 5.74) is 2.68. The van der Waals surface area contributed by atoms with E-state index >= 15 is 0 Å². The van der Waals surface area contributed by atoms with Crippen LogP contribution < -0.4 is 5.32 Å². The standard InChI is InChI=1S/C30H28Cl2N2O2/c1-33-30(36)28(19-21-9-3-2-4-10-21)34(20-25-26(31)15-8-16-27(25)32)29(35)18-17-23-13-7-12-22-11-5-6-14-24(22)23/h2-16,28H,17-20H2,1H3,(H,33,36). The van der Waals surface area contributed by atoms with Crippen molar-refractivity contribution in [3.63, 3.8) is 0 Å². The Morgan fingerprint density at radius 1 is 0.833 bits per heavy atom. The second kappa shape index (κ2) is 12.1. The number of aryl methyl sites for hydroxylation is 1. The quantitative estimate of drug-likeness (QED) is 0.276. The summed E-state index contributed by atoms with van der Waals surface area (Å²) in [6.07, 6.45) is 1.18. The van der Waals surface area contributed by atoms with Gasteiger partial charge in [0.05, 0.1) is 0 Å². The summed E-state index contributed by atoms with van der Waals surface area (Å²) in [5.74, 6) is -0.371. The molecule has 0 fully saturated rings. The molecule has 4 aromatic rings. The van der Waals surface area contributed by atoms with E-state index in [4.69, 9.17) is 23.2 Å². The Labute approximate surface area is 221 Å². The minimum Gasteiger partial charge on any atom is -0.357 e. The molecule has 0 heterocycles. The Kier molecular flexibility index (Phi) is 8.63. The summed E-state index contributed by atoms with van der Waals surface area (Å²) in [6, 6.07) is 28.5. The van der Waals surface area contributed by atoms with Gasteiger partial charge in [0.1, 0.15) is 6.04 Å². The molecule has 0 aliphatic heterocycles.